The average molecular weight is 278 g/mol. The van der Waals surface area contributed by atoms with Gasteiger partial charge in [0.25, 0.3) is 0 Å². The summed E-state index contributed by atoms with van der Waals surface area (Å²) < 4.78 is 0. The highest BCUT2D eigenvalue weighted by molar-refractivity contribution is 5.95. The molecule has 5 heteroatoms. The molecule has 110 valence electrons. The lowest BCUT2D eigenvalue weighted by Gasteiger charge is -2.25. The number of aryl methyl sites for hydroxylation is 1. The largest absolute Gasteiger partial charge is 0.481 e. The standard InChI is InChI=1S/C15H22N2O3/c1-15(2,3)13(16)14(20)17-11-6-4-5-10(9-11)7-8-12(18)19/h4-6,9,13H,7-8,16H2,1-3H3,(H,17,20)(H,18,19). The number of hydrogen-bond acceptors (Lipinski definition) is 3. The molecule has 0 saturated carbocycles. The molecule has 20 heavy (non-hydrogen) atoms. The number of benzene rings is 1. The van der Waals surface area contributed by atoms with Crippen molar-refractivity contribution in [2.75, 3.05) is 5.32 Å². The van der Waals surface area contributed by atoms with Gasteiger partial charge in [0.05, 0.1) is 6.04 Å². The predicted octanol–water partition coefficient (Wildman–Crippen LogP) is 2.02. The van der Waals surface area contributed by atoms with E-state index >= 15 is 0 Å². The van der Waals surface area contributed by atoms with Crippen LogP contribution in [0.15, 0.2) is 24.3 Å². The van der Waals surface area contributed by atoms with Crippen LogP contribution in [0.4, 0.5) is 5.69 Å². The van der Waals surface area contributed by atoms with E-state index < -0.39 is 12.0 Å². The molecule has 0 spiro atoms. The third-order valence-corrected chi connectivity index (χ3v) is 3.04. The maximum absolute atomic E-state index is 12.0. The smallest absolute Gasteiger partial charge is 0.303 e. The first kappa shape index (κ1) is 16.2. The van der Waals surface area contributed by atoms with E-state index in [9.17, 15) is 9.59 Å². The quantitative estimate of drug-likeness (QED) is 0.768. The first-order valence-corrected chi connectivity index (χ1v) is 6.57. The van der Waals surface area contributed by atoms with Gasteiger partial charge < -0.3 is 16.2 Å². The minimum atomic E-state index is -0.839. The van der Waals surface area contributed by atoms with Gasteiger partial charge in [0.1, 0.15) is 0 Å². The summed E-state index contributed by atoms with van der Waals surface area (Å²) in [7, 11) is 0. The van der Waals surface area contributed by atoms with Crippen molar-refractivity contribution in [2.24, 2.45) is 11.1 Å². The van der Waals surface area contributed by atoms with Gasteiger partial charge in [0.2, 0.25) is 5.91 Å². The molecule has 1 aromatic rings. The van der Waals surface area contributed by atoms with Crippen molar-refractivity contribution in [2.45, 2.75) is 39.7 Å². The third kappa shape index (κ3) is 5.01. The predicted molar refractivity (Wildman–Crippen MR) is 78.5 cm³/mol. The monoisotopic (exact) mass is 278 g/mol. The highest BCUT2D eigenvalue weighted by Gasteiger charge is 2.27. The first-order chi connectivity index (χ1) is 9.20. The van der Waals surface area contributed by atoms with Crippen molar-refractivity contribution in [1.82, 2.24) is 0 Å². The zero-order valence-electron chi connectivity index (χ0n) is 12.1. The molecule has 0 aliphatic rings. The van der Waals surface area contributed by atoms with Crippen molar-refractivity contribution >= 4 is 17.6 Å². The van der Waals surface area contributed by atoms with Gasteiger partial charge in [-0.25, -0.2) is 0 Å². The van der Waals surface area contributed by atoms with Crippen LogP contribution in [0.3, 0.4) is 0 Å². The van der Waals surface area contributed by atoms with E-state index in [0.717, 1.165) is 5.56 Å². The summed E-state index contributed by atoms with van der Waals surface area (Å²) in [6, 6.07) is 6.55. The van der Waals surface area contributed by atoms with Crippen LogP contribution in [-0.2, 0) is 16.0 Å². The number of aliphatic carboxylic acids is 1. The van der Waals surface area contributed by atoms with Gasteiger partial charge in [-0.1, -0.05) is 32.9 Å². The highest BCUT2D eigenvalue weighted by Crippen LogP contribution is 2.19. The van der Waals surface area contributed by atoms with Crippen molar-refractivity contribution < 1.29 is 14.7 Å². The first-order valence-electron chi connectivity index (χ1n) is 6.57. The van der Waals surface area contributed by atoms with Crippen LogP contribution in [0.2, 0.25) is 0 Å². The minimum absolute atomic E-state index is 0.0684. The fourth-order valence-electron chi connectivity index (χ4n) is 1.67. The van der Waals surface area contributed by atoms with Gasteiger partial charge in [0.15, 0.2) is 0 Å². The van der Waals surface area contributed by atoms with Crippen LogP contribution in [0, 0.1) is 5.41 Å². The second kappa shape index (κ2) is 6.52. The van der Waals surface area contributed by atoms with Crippen LogP contribution < -0.4 is 11.1 Å². The lowest BCUT2D eigenvalue weighted by atomic mass is 9.87. The van der Waals surface area contributed by atoms with Gasteiger partial charge in [-0.3, -0.25) is 9.59 Å². The Kier molecular flexibility index (Phi) is 5.27. The van der Waals surface area contributed by atoms with Gasteiger partial charge in [0, 0.05) is 12.1 Å². The summed E-state index contributed by atoms with van der Waals surface area (Å²) in [5.41, 5.74) is 7.08. The van der Waals surface area contributed by atoms with Crippen LogP contribution in [-0.4, -0.2) is 23.0 Å². The molecule has 0 bridgehead atoms. The number of nitrogens with two attached hydrogens (primary N) is 1. The van der Waals surface area contributed by atoms with E-state index in [2.05, 4.69) is 5.32 Å². The molecule has 0 heterocycles. The molecule has 4 N–H and O–H groups in total. The average Bonchev–Trinajstić information content (AvgIpc) is 2.34. The number of carbonyl (C=O) groups excluding carboxylic acids is 1. The molecule has 0 aliphatic carbocycles. The maximum atomic E-state index is 12.0. The second-order valence-corrected chi connectivity index (χ2v) is 5.93. The van der Waals surface area contributed by atoms with Crippen molar-refractivity contribution in [3.63, 3.8) is 0 Å². The molecule has 1 unspecified atom stereocenters. The Morgan fingerprint density at radius 1 is 1.35 bits per heavy atom. The topological polar surface area (TPSA) is 92.4 Å². The summed E-state index contributed by atoms with van der Waals surface area (Å²) in [4.78, 5) is 22.6. The molecule has 5 nitrogen and oxygen atoms in total. The minimum Gasteiger partial charge on any atom is -0.481 e. The summed E-state index contributed by atoms with van der Waals surface area (Å²) in [6.45, 7) is 5.71. The van der Waals surface area contributed by atoms with E-state index in [1.165, 1.54) is 0 Å². The summed E-state index contributed by atoms with van der Waals surface area (Å²) in [5, 5.41) is 11.4. The summed E-state index contributed by atoms with van der Waals surface area (Å²) in [6.07, 6.45) is 0.503. The van der Waals surface area contributed by atoms with E-state index in [4.69, 9.17) is 10.8 Å². The summed E-state index contributed by atoms with van der Waals surface area (Å²) >= 11 is 0. The van der Waals surface area contributed by atoms with Crippen LogP contribution >= 0.6 is 0 Å². The number of carboxylic acid groups (broad SMARTS) is 1. The summed E-state index contributed by atoms with van der Waals surface area (Å²) in [5.74, 6) is -1.08. The molecule has 1 atom stereocenters. The Hall–Kier alpha value is -1.88. The molecule has 0 aliphatic heterocycles. The van der Waals surface area contributed by atoms with Crippen LogP contribution in [0.5, 0.6) is 0 Å². The number of amides is 1. The molecular formula is C15H22N2O3. The van der Waals surface area contributed by atoms with Crippen LogP contribution in [0.1, 0.15) is 32.8 Å². The lowest BCUT2D eigenvalue weighted by Crippen LogP contribution is -2.45. The Balaban J connectivity index is 2.71. The Morgan fingerprint density at radius 3 is 2.55 bits per heavy atom. The Bertz CT molecular complexity index is 492. The number of carbonyl (C=O) groups is 2. The highest BCUT2D eigenvalue weighted by atomic mass is 16.4. The molecule has 1 aromatic carbocycles. The van der Waals surface area contributed by atoms with Gasteiger partial charge in [-0.15, -0.1) is 0 Å². The van der Waals surface area contributed by atoms with Crippen molar-refractivity contribution in [3.8, 4) is 0 Å². The zero-order valence-corrected chi connectivity index (χ0v) is 12.1. The van der Waals surface area contributed by atoms with Crippen molar-refractivity contribution in [3.05, 3.63) is 29.8 Å². The van der Waals surface area contributed by atoms with Crippen LogP contribution in [0.25, 0.3) is 0 Å². The molecule has 1 amide bonds. The Morgan fingerprint density at radius 2 is 2.00 bits per heavy atom. The van der Waals surface area contributed by atoms with E-state index in [-0.39, 0.29) is 17.7 Å². The van der Waals surface area contributed by atoms with Gasteiger partial charge >= 0.3 is 5.97 Å². The molecule has 1 rings (SSSR count). The van der Waals surface area contributed by atoms with Crippen molar-refractivity contribution in [1.29, 1.82) is 0 Å². The molecule has 0 aromatic heterocycles. The number of anilines is 1. The number of nitrogens with one attached hydrogen (secondary N) is 1. The number of rotatable bonds is 5. The molecular weight excluding hydrogens is 256 g/mol. The lowest BCUT2D eigenvalue weighted by molar-refractivity contribution is -0.137. The molecule has 0 fully saturated rings. The van der Waals surface area contributed by atoms with Gasteiger partial charge in [-0.2, -0.15) is 0 Å². The fraction of sp³-hybridized carbons (Fsp3) is 0.467. The van der Waals surface area contributed by atoms with E-state index in [1.54, 1.807) is 18.2 Å². The molecule has 0 radical (unpaired) electrons. The van der Waals surface area contributed by atoms with E-state index in [0.29, 0.717) is 12.1 Å². The SMILES string of the molecule is CC(C)(C)C(N)C(=O)Nc1cccc(CCC(=O)O)c1. The maximum Gasteiger partial charge on any atom is 0.303 e. The number of hydrogen-bond donors (Lipinski definition) is 3. The third-order valence-electron chi connectivity index (χ3n) is 3.04. The van der Waals surface area contributed by atoms with E-state index in [1.807, 2.05) is 26.8 Å². The Labute approximate surface area is 119 Å². The second-order valence-electron chi connectivity index (χ2n) is 5.93. The fourth-order valence-corrected chi connectivity index (χ4v) is 1.67. The zero-order chi connectivity index (χ0) is 15.3. The normalized spacial score (nSPS) is 12.8. The number of carboxylic acids is 1. The van der Waals surface area contributed by atoms with Gasteiger partial charge in [-0.05, 0) is 29.5 Å². The molecule has 0 saturated heterocycles.